The molecule has 2 heterocycles. The number of nitrogens with zero attached hydrogens (tertiary/aromatic N) is 4. The van der Waals surface area contributed by atoms with Crippen molar-refractivity contribution in [3.05, 3.63) is 23.6 Å². The molecule has 0 amide bonds. The Morgan fingerprint density at radius 2 is 1.65 bits per heavy atom. The molecular formula is C15H12N4O7. The Hall–Kier alpha value is -3.76. The third-order valence-corrected chi connectivity index (χ3v) is 3.17. The number of aldehydes is 1. The van der Waals surface area contributed by atoms with E-state index in [1.165, 1.54) is 33.5 Å². The Morgan fingerprint density at radius 1 is 1.00 bits per heavy atom. The second-order valence-electron chi connectivity index (χ2n) is 4.65. The molecule has 0 aliphatic heterocycles. The van der Waals surface area contributed by atoms with Crippen molar-refractivity contribution in [2.45, 2.75) is 0 Å². The van der Waals surface area contributed by atoms with Gasteiger partial charge in [-0.15, -0.1) is 15.0 Å². The van der Waals surface area contributed by atoms with E-state index < -0.39 is 5.97 Å². The molecule has 0 aliphatic carbocycles. The van der Waals surface area contributed by atoms with E-state index >= 15 is 0 Å². The molecule has 0 atom stereocenters. The Kier molecular flexibility index (Phi) is 4.60. The smallest absolute Gasteiger partial charge is 0.394 e. The van der Waals surface area contributed by atoms with Gasteiger partial charge in [0.05, 0.1) is 21.3 Å². The number of ether oxygens (including phenoxy) is 4. The molecular weight excluding hydrogens is 348 g/mol. The van der Waals surface area contributed by atoms with Crippen LogP contribution >= 0.6 is 0 Å². The molecule has 3 rings (SSSR count). The van der Waals surface area contributed by atoms with E-state index in [9.17, 15) is 9.59 Å². The summed E-state index contributed by atoms with van der Waals surface area (Å²) < 4.78 is 25.3. The van der Waals surface area contributed by atoms with Crippen LogP contribution in [0.1, 0.15) is 21.0 Å². The number of hydrogen-bond acceptors (Lipinski definition) is 11. The molecule has 26 heavy (non-hydrogen) atoms. The number of fused-ring (bicyclic) bond motifs is 1. The largest absolute Gasteiger partial charge is 0.467 e. The highest BCUT2D eigenvalue weighted by atomic mass is 16.5. The van der Waals surface area contributed by atoms with Crippen LogP contribution in [-0.2, 0) is 4.74 Å². The van der Waals surface area contributed by atoms with E-state index in [1.54, 1.807) is 0 Å². The molecule has 134 valence electrons. The van der Waals surface area contributed by atoms with E-state index in [1.807, 2.05) is 0 Å². The highest BCUT2D eigenvalue weighted by molar-refractivity contribution is 5.98. The summed E-state index contributed by atoms with van der Waals surface area (Å²) in [6.07, 6.45) is 0.500. The van der Waals surface area contributed by atoms with Crippen LogP contribution in [-0.4, -0.2) is 53.5 Å². The average Bonchev–Trinajstić information content (AvgIpc) is 3.11. The lowest BCUT2D eigenvalue weighted by Gasteiger charge is -2.08. The van der Waals surface area contributed by atoms with Gasteiger partial charge in [0.25, 0.3) is 0 Å². The van der Waals surface area contributed by atoms with Gasteiger partial charge in [0.15, 0.2) is 11.9 Å². The zero-order chi connectivity index (χ0) is 18.7. The maximum Gasteiger partial charge on any atom is 0.394 e. The summed E-state index contributed by atoms with van der Waals surface area (Å²) in [5.74, 6) is -0.978. The average molecular weight is 360 g/mol. The Bertz CT molecular complexity index is 963. The van der Waals surface area contributed by atoms with Gasteiger partial charge in [0.1, 0.15) is 16.8 Å². The minimum absolute atomic E-state index is 0.0171. The minimum atomic E-state index is -0.771. The molecule has 0 saturated carbocycles. The topological polar surface area (TPSA) is 136 Å². The van der Waals surface area contributed by atoms with Crippen molar-refractivity contribution >= 4 is 23.4 Å². The predicted molar refractivity (Wildman–Crippen MR) is 83.7 cm³/mol. The van der Waals surface area contributed by atoms with E-state index in [-0.39, 0.29) is 46.3 Å². The summed E-state index contributed by atoms with van der Waals surface area (Å²) in [6.45, 7) is 0. The predicted octanol–water partition coefficient (Wildman–Crippen LogP) is 1.42. The maximum absolute atomic E-state index is 11.5. The van der Waals surface area contributed by atoms with Gasteiger partial charge in [-0.05, 0) is 12.1 Å². The molecule has 0 spiro atoms. The van der Waals surface area contributed by atoms with Crippen LogP contribution in [0.2, 0.25) is 0 Å². The van der Waals surface area contributed by atoms with Crippen LogP contribution in [0.25, 0.3) is 11.1 Å². The van der Waals surface area contributed by atoms with Crippen LogP contribution in [0.5, 0.6) is 23.8 Å². The van der Waals surface area contributed by atoms with Gasteiger partial charge in [-0.25, -0.2) is 9.78 Å². The maximum atomic E-state index is 11.5. The lowest BCUT2D eigenvalue weighted by Crippen LogP contribution is -2.02. The van der Waals surface area contributed by atoms with E-state index in [2.05, 4.69) is 24.7 Å². The summed E-state index contributed by atoms with van der Waals surface area (Å²) in [4.78, 5) is 38.7. The number of methoxy groups -OCH3 is 3. The summed E-state index contributed by atoms with van der Waals surface area (Å²) in [5.41, 5.74) is 0.361. The van der Waals surface area contributed by atoms with Gasteiger partial charge < -0.3 is 23.4 Å². The third-order valence-electron chi connectivity index (χ3n) is 3.17. The van der Waals surface area contributed by atoms with E-state index in [0.29, 0.717) is 6.29 Å². The molecule has 0 unspecified atom stereocenters. The first-order chi connectivity index (χ1) is 12.6. The number of hydrogen-bond donors (Lipinski definition) is 0. The Balaban J connectivity index is 2.05. The molecule has 0 radical (unpaired) electrons. The first-order valence-electron chi connectivity index (χ1n) is 7.08. The molecule has 0 saturated heterocycles. The highest BCUT2D eigenvalue weighted by Gasteiger charge is 2.20. The number of esters is 1. The minimum Gasteiger partial charge on any atom is -0.467 e. The molecule has 11 heteroatoms. The monoisotopic (exact) mass is 360 g/mol. The number of aromatic nitrogens is 4. The Labute approximate surface area is 145 Å². The summed E-state index contributed by atoms with van der Waals surface area (Å²) in [7, 11) is 3.92. The molecule has 2 aromatic heterocycles. The molecule has 0 aliphatic rings. The molecule has 0 N–H and O–H groups in total. The van der Waals surface area contributed by atoms with Crippen LogP contribution < -0.4 is 14.2 Å². The number of rotatable bonds is 6. The van der Waals surface area contributed by atoms with Gasteiger partial charge in [-0.1, -0.05) is 0 Å². The van der Waals surface area contributed by atoms with Crippen LogP contribution in [0.4, 0.5) is 0 Å². The van der Waals surface area contributed by atoms with Crippen LogP contribution in [0.15, 0.2) is 16.5 Å². The summed E-state index contributed by atoms with van der Waals surface area (Å²) >= 11 is 0. The SMILES string of the molecule is COC(=O)c1nc2ccc(Oc3nc(OC)nc(OC)n3)c(C=O)c2o1. The van der Waals surface area contributed by atoms with Gasteiger partial charge in [0, 0.05) is 0 Å². The number of benzene rings is 1. The zero-order valence-electron chi connectivity index (χ0n) is 13.9. The fourth-order valence-corrected chi connectivity index (χ4v) is 2.02. The fraction of sp³-hybridized carbons (Fsp3) is 0.200. The Morgan fingerprint density at radius 3 is 2.23 bits per heavy atom. The molecule has 11 nitrogen and oxygen atoms in total. The first-order valence-corrected chi connectivity index (χ1v) is 7.08. The number of carbonyl (C=O) groups excluding carboxylic acids is 2. The lowest BCUT2D eigenvalue weighted by molar-refractivity contribution is 0.0558. The van der Waals surface area contributed by atoms with Gasteiger partial charge >= 0.3 is 29.9 Å². The zero-order valence-corrected chi connectivity index (χ0v) is 13.9. The standard InChI is InChI=1S/C15H12N4O7/c1-22-12(21)11-16-8-4-5-9(7(6-20)10(8)26-11)25-15-18-13(23-2)17-14(19-15)24-3/h4-6H,1-3H3. The second kappa shape index (κ2) is 7.01. The normalized spacial score (nSPS) is 10.4. The molecule has 1 aromatic carbocycles. The lowest BCUT2D eigenvalue weighted by atomic mass is 10.2. The van der Waals surface area contributed by atoms with Crippen LogP contribution in [0.3, 0.4) is 0 Å². The van der Waals surface area contributed by atoms with Crippen molar-refractivity contribution in [2.75, 3.05) is 21.3 Å². The van der Waals surface area contributed by atoms with Crippen LogP contribution in [0, 0.1) is 0 Å². The van der Waals surface area contributed by atoms with Gasteiger partial charge in [-0.2, -0.15) is 0 Å². The number of carbonyl (C=O) groups is 2. The molecule has 3 aromatic rings. The number of oxazole rings is 1. The van der Waals surface area contributed by atoms with Gasteiger partial charge in [0.2, 0.25) is 0 Å². The summed E-state index contributed by atoms with van der Waals surface area (Å²) in [5, 5.41) is 0. The van der Waals surface area contributed by atoms with Crippen molar-refractivity contribution in [1.82, 2.24) is 19.9 Å². The highest BCUT2D eigenvalue weighted by Crippen LogP contribution is 2.30. The first kappa shape index (κ1) is 17.1. The van der Waals surface area contributed by atoms with Crippen molar-refractivity contribution < 1.29 is 33.0 Å². The van der Waals surface area contributed by atoms with Crippen molar-refractivity contribution in [3.63, 3.8) is 0 Å². The van der Waals surface area contributed by atoms with Crippen molar-refractivity contribution in [1.29, 1.82) is 0 Å². The van der Waals surface area contributed by atoms with Crippen molar-refractivity contribution in [2.24, 2.45) is 0 Å². The molecule has 0 bridgehead atoms. The van der Waals surface area contributed by atoms with E-state index in [4.69, 9.17) is 18.6 Å². The summed E-state index contributed by atoms with van der Waals surface area (Å²) in [6, 6.07) is 2.73. The quantitative estimate of drug-likeness (QED) is 0.466. The van der Waals surface area contributed by atoms with Crippen molar-refractivity contribution in [3.8, 4) is 23.8 Å². The third kappa shape index (κ3) is 3.09. The second-order valence-corrected chi connectivity index (χ2v) is 4.65. The van der Waals surface area contributed by atoms with Gasteiger partial charge in [-0.3, -0.25) is 4.79 Å². The molecule has 0 fully saturated rings. The van der Waals surface area contributed by atoms with E-state index in [0.717, 1.165) is 0 Å². The fourth-order valence-electron chi connectivity index (χ4n) is 2.02.